The fraction of sp³-hybridized carbons (Fsp3) is 0.692. The second kappa shape index (κ2) is 3.46. The lowest BCUT2D eigenvalue weighted by Gasteiger charge is -2.25. The van der Waals surface area contributed by atoms with Gasteiger partial charge in [-0.15, -0.1) is 0 Å². The van der Waals surface area contributed by atoms with E-state index in [0.717, 1.165) is 11.1 Å². The number of allylic oxidation sites excluding steroid dienone is 1. The molecule has 0 amide bonds. The molecule has 0 aromatic heterocycles. The molecule has 0 saturated carbocycles. The molecule has 84 valence electrons. The van der Waals surface area contributed by atoms with E-state index in [1.807, 2.05) is 0 Å². The van der Waals surface area contributed by atoms with Gasteiger partial charge in [0, 0.05) is 15.3 Å². The van der Waals surface area contributed by atoms with Gasteiger partial charge in [0.05, 0.1) is 0 Å². The topological polar surface area (TPSA) is 24.1 Å². The van der Waals surface area contributed by atoms with E-state index in [2.05, 4.69) is 45.5 Å². The van der Waals surface area contributed by atoms with Gasteiger partial charge in [0.1, 0.15) is 0 Å². The zero-order chi connectivity index (χ0) is 13.0. The Morgan fingerprint density at radius 1 is 1.40 bits per heavy atom. The van der Waals surface area contributed by atoms with Gasteiger partial charge in [0.2, 0.25) is 0 Å². The lowest BCUT2D eigenvalue weighted by Crippen LogP contribution is -2.45. The third-order valence-corrected chi connectivity index (χ3v) is 3.19. The molecule has 2 aliphatic rings. The first-order valence-corrected chi connectivity index (χ1v) is 5.56. The predicted octanol–water partition coefficient (Wildman–Crippen LogP) is 2.55. The molecule has 0 aromatic carbocycles. The highest BCUT2D eigenvalue weighted by Gasteiger charge is 2.32. The van der Waals surface area contributed by atoms with Crippen LogP contribution in [0.15, 0.2) is 22.3 Å². The molecule has 0 fully saturated rings. The summed E-state index contributed by atoms with van der Waals surface area (Å²) in [5, 5.41) is 0. The van der Waals surface area contributed by atoms with Gasteiger partial charge in [0.25, 0.3) is 0 Å². The van der Waals surface area contributed by atoms with E-state index in [1.165, 1.54) is 11.1 Å². The highest BCUT2D eigenvalue weighted by atomic mass is 15.4. The van der Waals surface area contributed by atoms with Crippen molar-refractivity contribution in [1.29, 1.82) is 0 Å². The van der Waals surface area contributed by atoms with Crippen LogP contribution in [0.1, 0.15) is 43.8 Å². The first-order valence-electron chi connectivity index (χ1n) is 6.71. The summed E-state index contributed by atoms with van der Waals surface area (Å²) in [6.45, 7) is 10.1. The molecular weight excluding hydrogens is 184 g/mol. The Bertz CT molecular complexity index is 404. The van der Waals surface area contributed by atoms with Gasteiger partial charge in [-0.1, -0.05) is 26.3 Å². The molecule has 1 heterocycles. The van der Waals surface area contributed by atoms with Crippen LogP contribution in [0.2, 0.25) is 0 Å². The molecule has 0 saturated heterocycles. The van der Waals surface area contributed by atoms with E-state index in [0.29, 0.717) is 0 Å². The van der Waals surface area contributed by atoms with Gasteiger partial charge in [-0.3, -0.25) is 10.9 Å². The summed E-state index contributed by atoms with van der Waals surface area (Å²) in [5.41, 5.74) is 10.5. The van der Waals surface area contributed by atoms with Crippen molar-refractivity contribution in [2.45, 2.75) is 47.1 Å². The van der Waals surface area contributed by atoms with Crippen LogP contribution < -0.4 is 10.9 Å². The smallest absolute Gasteiger partial charge is 0.0490 e. The van der Waals surface area contributed by atoms with Crippen LogP contribution in [-0.4, -0.2) is 12.6 Å². The number of hydrogen-bond acceptors (Lipinski definition) is 2. The average Bonchev–Trinajstić information content (AvgIpc) is 2.45. The van der Waals surface area contributed by atoms with Crippen molar-refractivity contribution in [3.05, 3.63) is 22.3 Å². The molecule has 1 aliphatic heterocycles. The van der Waals surface area contributed by atoms with Crippen LogP contribution in [0.3, 0.4) is 0 Å². The van der Waals surface area contributed by atoms with Crippen molar-refractivity contribution >= 4 is 0 Å². The standard InChI is InChI=1S/C13H22N2/c1-8-11(13(3,4)5)6-10-7-14-15-9(2)12(8)10/h9,14-15H,6-7H2,1-5H3/t9-/m0/s1/i6D,7D/t6?,7-,9-. The van der Waals surface area contributed by atoms with Gasteiger partial charge in [-0.25, -0.2) is 0 Å². The summed E-state index contributed by atoms with van der Waals surface area (Å²) in [6, 6.07) is 0.180. The maximum Gasteiger partial charge on any atom is 0.0490 e. The molecule has 0 spiro atoms. The zero-order valence-corrected chi connectivity index (χ0v) is 10.2. The fourth-order valence-corrected chi connectivity index (χ4v) is 2.49. The minimum absolute atomic E-state index is 0.00667. The molecule has 2 nitrogen and oxygen atoms in total. The Hall–Kier alpha value is -0.600. The Labute approximate surface area is 95.6 Å². The third-order valence-electron chi connectivity index (χ3n) is 3.19. The highest BCUT2D eigenvalue weighted by Crippen LogP contribution is 2.43. The second-order valence-electron chi connectivity index (χ2n) is 5.46. The minimum Gasteiger partial charge on any atom is -0.253 e. The Morgan fingerprint density at radius 3 is 2.60 bits per heavy atom. The molecule has 15 heavy (non-hydrogen) atoms. The van der Waals surface area contributed by atoms with Gasteiger partial charge in [-0.05, 0) is 42.4 Å². The molecule has 0 bridgehead atoms. The summed E-state index contributed by atoms with van der Waals surface area (Å²) in [7, 11) is 0. The van der Waals surface area contributed by atoms with Gasteiger partial charge < -0.3 is 0 Å². The first-order chi connectivity index (χ1) is 7.75. The van der Waals surface area contributed by atoms with E-state index in [4.69, 9.17) is 2.74 Å². The molecule has 1 unspecified atom stereocenters. The van der Waals surface area contributed by atoms with Crippen LogP contribution in [0.5, 0.6) is 0 Å². The Kier molecular flexibility index (Phi) is 1.97. The van der Waals surface area contributed by atoms with Crippen molar-refractivity contribution in [2.24, 2.45) is 5.41 Å². The third kappa shape index (κ3) is 1.77. The van der Waals surface area contributed by atoms with E-state index in [9.17, 15) is 0 Å². The number of hydrazine groups is 1. The van der Waals surface area contributed by atoms with Crippen LogP contribution in [0, 0.1) is 5.41 Å². The van der Waals surface area contributed by atoms with Crippen molar-refractivity contribution in [1.82, 2.24) is 10.9 Å². The van der Waals surface area contributed by atoms with E-state index < -0.39 is 6.52 Å². The minimum atomic E-state index is -0.501. The summed E-state index contributed by atoms with van der Waals surface area (Å²) in [4.78, 5) is 0. The zero-order valence-electron chi connectivity index (χ0n) is 12.2. The van der Waals surface area contributed by atoms with Crippen molar-refractivity contribution in [3.8, 4) is 0 Å². The largest absolute Gasteiger partial charge is 0.253 e. The van der Waals surface area contributed by atoms with Gasteiger partial charge in [0.15, 0.2) is 0 Å². The summed E-state index contributed by atoms with van der Waals surface area (Å²) in [5.74, 6) is 0. The maximum absolute atomic E-state index is 8.42. The molecule has 0 aromatic rings. The quantitative estimate of drug-likeness (QED) is 0.639. The lowest BCUT2D eigenvalue weighted by atomic mass is 9.83. The molecular formula is C13H22N2. The van der Waals surface area contributed by atoms with Gasteiger partial charge >= 0.3 is 0 Å². The molecule has 3 atom stereocenters. The molecule has 2 rings (SSSR count). The Morgan fingerprint density at radius 2 is 2.07 bits per heavy atom. The second-order valence-corrected chi connectivity index (χ2v) is 5.46. The van der Waals surface area contributed by atoms with Crippen LogP contribution in [0.25, 0.3) is 0 Å². The summed E-state index contributed by atoms with van der Waals surface area (Å²) >= 11 is 0. The molecule has 2 heteroatoms. The van der Waals surface area contributed by atoms with Crippen molar-refractivity contribution in [2.75, 3.05) is 6.52 Å². The molecule has 2 N–H and O–H groups in total. The molecule has 1 aliphatic carbocycles. The van der Waals surface area contributed by atoms with E-state index in [1.54, 1.807) is 0 Å². The number of rotatable bonds is 0. The SMILES string of the molecule is [2H]C1C2=C(C(C)=C1C(C)(C)C)[C@H](C)NN[C@H]2[2H]. The average molecular weight is 208 g/mol. The van der Waals surface area contributed by atoms with Crippen LogP contribution in [-0.2, 0) is 0 Å². The summed E-state index contributed by atoms with van der Waals surface area (Å²) in [6.07, 6.45) is -0.357. The van der Waals surface area contributed by atoms with Crippen LogP contribution in [0.4, 0.5) is 0 Å². The number of hydrogen-bond donors (Lipinski definition) is 2. The van der Waals surface area contributed by atoms with Gasteiger partial charge in [-0.2, -0.15) is 0 Å². The predicted molar refractivity (Wildman–Crippen MR) is 64.4 cm³/mol. The van der Waals surface area contributed by atoms with Crippen molar-refractivity contribution in [3.63, 3.8) is 0 Å². The monoisotopic (exact) mass is 208 g/mol. The first kappa shape index (κ1) is 8.54. The van der Waals surface area contributed by atoms with E-state index >= 15 is 0 Å². The van der Waals surface area contributed by atoms with E-state index in [-0.39, 0.29) is 17.9 Å². The number of nitrogens with one attached hydrogen (secondary N) is 2. The molecule has 0 radical (unpaired) electrons. The van der Waals surface area contributed by atoms with Crippen LogP contribution >= 0.6 is 0 Å². The summed E-state index contributed by atoms with van der Waals surface area (Å²) < 4.78 is 16.4. The van der Waals surface area contributed by atoms with Crippen molar-refractivity contribution < 1.29 is 2.74 Å². The fourth-order valence-electron chi connectivity index (χ4n) is 2.49. The highest BCUT2D eigenvalue weighted by molar-refractivity contribution is 5.51. The Balaban J connectivity index is 2.52. The maximum atomic E-state index is 8.42. The lowest BCUT2D eigenvalue weighted by molar-refractivity contribution is 0.474. The normalized spacial score (nSPS) is 39.1.